The van der Waals surface area contributed by atoms with Gasteiger partial charge in [-0.2, -0.15) is 0 Å². The molecule has 19 heavy (non-hydrogen) atoms. The Hall–Kier alpha value is -1.67. The lowest BCUT2D eigenvalue weighted by atomic mass is 10.1. The highest BCUT2D eigenvalue weighted by Gasteiger charge is 2.24. The highest BCUT2D eigenvalue weighted by Crippen LogP contribution is 2.01. The fraction of sp³-hybridized carbons (Fsp3) is 0.727. The van der Waals surface area contributed by atoms with Gasteiger partial charge in [-0.3, -0.25) is 9.59 Å². The Labute approximate surface area is 111 Å². The molecule has 8 heteroatoms. The Morgan fingerprint density at radius 1 is 1.11 bits per heavy atom. The summed E-state index contributed by atoms with van der Waals surface area (Å²) in [6, 6.07) is -1.92. The molecule has 0 rings (SSSR count). The zero-order valence-electron chi connectivity index (χ0n) is 11.0. The van der Waals surface area contributed by atoms with E-state index in [2.05, 4.69) is 10.6 Å². The minimum absolute atomic E-state index is 0.212. The fourth-order valence-electron chi connectivity index (χ4n) is 1.50. The molecule has 0 heterocycles. The van der Waals surface area contributed by atoms with E-state index in [1.54, 1.807) is 0 Å². The molecule has 0 aliphatic rings. The molecule has 2 unspecified atom stereocenters. The molecular weight excluding hydrogens is 252 g/mol. The van der Waals surface area contributed by atoms with Crippen molar-refractivity contribution in [3.05, 3.63) is 0 Å². The van der Waals surface area contributed by atoms with Crippen LogP contribution in [0.25, 0.3) is 0 Å². The van der Waals surface area contributed by atoms with Crippen LogP contribution >= 0.6 is 0 Å². The van der Waals surface area contributed by atoms with Crippen LogP contribution in [0, 0.1) is 0 Å². The quantitative estimate of drug-likeness (QED) is 0.312. The number of carbonyl (C=O) groups is 3. The number of carbonyl (C=O) groups excluding carboxylic acids is 2. The van der Waals surface area contributed by atoms with Crippen LogP contribution in [0.1, 0.15) is 26.2 Å². The number of nitrogens with two attached hydrogens (primary N) is 2. The SMILES string of the molecule is CC(=O)NC(CCCCN)C(=O)NC(CN)C(=O)O. The van der Waals surface area contributed by atoms with Crippen molar-refractivity contribution in [1.82, 2.24) is 10.6 Å². The molecule has 0 aromatic carbocycles. The molecule has 2 atom stereocenters. The second-order valence-electron chi connectivity index (χ2n) is 4.17. The van der Waals surface area contributed by atoms with Gasteiger partial charge in [0.25, 0.3) is 0 Å². The van der Waals surface area contributed by atoms with Crippen molar-refractivity contribution in [2.24, 2.45) is 11.5 Å². The van der Waals surface area contributed by atoms with Crippen LogP contribution in [0.5, 0.6) is 0 Å². The lowest BCUT2D eigenvalue weighted by Crippen LogP contribution is -2.53. The summed E-state index contributed by atoms with van der Waals surface area (Å²) >= 11 is 0. The Morgan fingerprint density at radius 3 is 2.16 bits per heavy atom. The average Bonchev–Trinajstić information content (AvgIpc) is 2.33. The first-order valence-electron chi connectivity index (χ1n) is 6.12. The monoisotopic (exact) mass is 274 g/mol. The van der Waals surface area contributed by atoms with E-state index in [-0.39, 0.29) is 12.5 Å². The summed E-state index contributed by atoms with van der Waals surface area (Å²) in [5.41, 5.74) is 10.6. The van der Waals surface area contributed by atoms with Crippen molar-refractivity contribution in [3.8, 4) is 0 Å². The molecule has 7 N–H and O–H groups in total. The third-order valence-corrected chi connectivity index (χ3v) is 2.49. The minimum atomic E-state index is -1.21. The summed E-state index contributed by atoms with van der Waals surface area (Å²) in [5, 5.41) is 13.6. The van der Waals surface area contributed by atoms with Crippen LogP contribution in [-0.2, 0) is 14.4 Å². The summed E-state index contributed by atoms with van der Waals surface area (Å²) in [4.78, 5) is 33.7. The number of aliphatic carboxylic acids is 1. The second-order valence-corrected chi connectivity index (χ2v) is 4.17. The molecule has 0 saturated heterocycles. The third kappa shape index (κ3) is 7.37. The number of carboxylic acid groups (broad SMARTS) is 1. The van der Waals surface area contributed by atoms with Gasteiger partial charge in [-0.1, -0.05) is 0 Å². The van der Waals surface area contributed by atoms with Gasteiger partial charge in [0.1, 0.15) is 12.1 Å². The zero-order valence-corrected chi connectivity index (χ0v) is 11.0. The number of nitrogens with one attached hydrogen (secondary N) is 2. The summed E-state index contributed by atoms with van der Waals surface area (Å²) in [6.07, 6.45) is 1.79. The third-order valence-electron chi connectivity index (χ3n) is 2.49. The molecule has 0 saturated carbocycles. The standard InChI is InChI=1S/C11H22N4O4/c1-7(16)14-8(4-2-3-5-12)10(17)15-9(6-13)11(18)19/h8-9H,2-6,12-13H2,1H3,(H,14,16)(H,15,17)(H,18,19). The van der Waals surface area contributed by atoms with Crippen molar-refractivity contribution in [2.45, 2.75) is 38.3 Å². The van der Waals surface area contributed by atoms with E-state index in [0.29, 0.717) is 19.4 Å². The molecule has 0 fully saturated rings. The van der Waals surface area contributed by atoms with Gasteiger partial charge in [-0.25, -0.2) is 4.79 Å². The minimum Gasteiger partial charge on any atom is -0.480 e. The molecule has 110 valence electrons. The van der Waals surface area contributed by atoms with Gasteiger partial charge in [0.2, 0.25) is 11.8 Å². The number of rotatable bonds is 9. The van der Waals surface area contributed by atoms with Crippen molar-refractivity contribution >= 4 is 17.8 Å². The Morgan fingerprint density at radius 2 is 1.74 bits per heavy atom. The molecule has 0 aliphatic heterocycles. The van der Waals surface area contributed by atoms with E-state index >= 15 is 0 Å². The van der Waals surface area contributed by atoms with Crippen molar-refractivity contribution in [1.29, 1.82) is 0 Å². The highest BCUT2D eigenvalue weighted by atomic mass is 16.4. The van der Waals surface area contributed by atoms with Crippen molar-refractivity contribution < 1.29 is 19.5 Å². The molecule has 0 aromatic rings. The second kappa shape index (κ2) is 9.29. The predicted octanol–water partition coefficient (Wildman–Crippen LogP) is -1.85. The molecule has 0 aromatic heterocycles. The first kappa shape index (κ1) is 17.3. The van der Waals surface area contributed by atoms with Gasteiger partial charge in [-0.15, -0.1) is 0 Å². The van der Waals surface area contributed by atoms with E-state index < -0.39 is 24.0 Å². The van der Waals surface area contributed by atoms with Crippen LogP contribution in [0.15, 0.2) is 0 Å². The summed E-state index contributed by atoms with van der Waals surface area (Å²) in [7, 11) is 0. The molecule has 2 amide bonds. The summed E-state index contributed by atoms with van der Waals surface area (Å²) in [5.74, 6) is -2.11. The smallest absolute Gasteiger partial charge is 0.327 e. The van der Waals surface area contributed by atoms with Gasteiger partial charge in [0.15, 0.2) is 0 Å². The lowest BCUT2D eigenvalue weighted by molar-refractivity contribution is -0.141. The molecule has 0 spiro atoms. The van der Waals surface area contributed by atoms with E-state index in [9.17, 15) is 14.4 Å². The van der Waals surface area contributed by atoms with E-state index in [1.165, 1.54) is 6.92 Å². The van der Waals surface area contributed by atoms with Gasteiger partial charge in [0.05, 0.1) is 0 Å². The zero-order chi connectivity index (χ0) is 14.8. The van der Waals surface area contributed by atoms with E-state index in [0.717, 1.165) is 6.42 Å². The number of unbranched alkanes of at least 4 members (excludes halogenated alkanes) is 1. The Kier molecular flexibility index (Phi) is 8.47. The van der Waals surface area contributed by atoms with Crippen LogP contribution in [-0.4, -0.2) is 48.1 Å². The molecular formula is C11H22N4O4. The number of hydrogen-bond acceptors (Lipinski definition) is 5. The Bertz CT molecular complexity index is 322. The van der Waals surface area contributed by atoms with Gasteiger partial charge < -0.3 is 27.2 Å². The largest absolute Gasteiger partial charge is 0.480 e. The topological polar surface area (TPSA) is 148 Å². The first-order chi connectivity index (χ1) is 8.92. The maximum Gasteiger partial charge on any atom is 0.327 e. The predicted molar refractivity (Wildman–Crippen MR) is 69.1 cm³/mol. The number of amides is 2. The lowest BCUT2D eigenvalue weighted by Gasteiger charge is -2.20. The highest BCUT2D eigenvalue weighted by molar-refractivity contribution is 5.89. The van der Waals surface area contributed by atoms with Crippen LogP contribution in [0.2, 0.25) is 0 Å². The number of carboxylic acids is 1. The maximum atomic E-state index is 11.9. The normalized spacial score (nSPS) is 13.4. The molecule has 0 radical (unpaired) electrons. The summed E-state index contributed by atoms with van der Waals surface area (Å²) in [6.45, 7) is 1.58. The molecule has 0 bridgehead atoms. The average molecular weight is 274 g/mol. The fourth-order valence-corrected chi connectivity index (χ4v) is 1.50. The van der Waals surface area contributed by atoms with Crippen LogP contribution in [0.3, 0.4) is 0 Å². The van der Waals surface area contributed by atoms with Crippen LogP contribution < -0.4 is 22.1 Å². The van der Waals surface area contributed by atoms with Crippen LogP contribution in [0.4, 0.5) is 0 Å². The summed E-state index contributed by atoms with van der Waals surface area (Å²) < 4.78 is 0. The van der Waals surface area contributed by atoms with Gasteiger partial charge >= 0.3 is 5.97 Å². The van der Waals surface area contributed by atoms with E-state index in [1.807, 2.05) is 0 Å². The maximum absolute atomic E-state index is 11.9. The van der Waals surface area contributed by atoms with Crippen molar-refractivity contribution in [3.63, 3.8) is 0 Å². The van der Waals surface area contributed by atoms with Crippen molar-refractivity contribution in [2.75, 3.05) is 13.1 Å². The molecule has 8 nitrogen and oxygen atoms in total. The number of hydrogen-bond donors (Lipinski definition) is 5. The van der Waals surface area contributed by atoms with E-state index in [4.69, 9.17) is 16.6 Å². The van der Waals surface area contributed by atoms with Gasteiger partial charge in [-0.05, 0) is 25.8 Å². The first-order valence-corrected chi connectivity index (χ1v) is 6.12. The van der Waals surface area contributed by atoms with Gasteiger partial charge in [0, 0.05) is 13.5 Å². The Balaban J connectivity index is 4.51. The molecule has 0 aliphatic carbocycles.